The smallest absolute Gasteiger partial charge is 0.333 e. The molecule has 0 spiro atoms. The van der Waals surface area contributed by atoms with E-state index in [9.17, 15) is 4.79 Å². The average Bonchev–Trinajstić information content (AvgIpc) is 3.61. The topological polar surface area (TPSA) is 64.4 Å². The molecule has 3 saturated heterocycles. The van der Waals surface area contributed by atoms with E-state index in [2.05, 4.69) is 5.32 Å². The predicted octanol–water partition coefficient (Wildman–Crippen LogP) is 2.91. The molecule has 2 aromatic heterocycles. The molecule has 2 atom stereocenters. The minimum absolute atomic E-state index is 0. The number of hydrogen-bond acceptors (Lipinski definition) is 6. The van der Waals surface area contributed by atoms with Crippen LogP contribution < -0.4 is 17.7 Å². The lowest BCUT2D eigenvalue weighted by Crippen LogP contribution is -3.00. The summed E-state index contributed by atoms with van der Waals surface area (Å²) in [5.41, 5.74) is 2.77. The quantitative estimate of drug-likeness (QED) is 0.278. The first-order chi connectivity index (χ1) is 17.7. The highest BCUT2D eigenvalue weighted by Crippen LogP contribution is 2.38. The van der Waals surface area contributed by atoms with E-state index < -0.39 is 6.04 Å². The van der Waals surface area contributed by atoms with E-state index in [0.29, 0.717) is 11.8 Å². The normalized spacial score (nSPS) is 23.1. The Bertz CT molecular complexity index is 1290. The van der Waals surface area contributed by atoms with Gasteiger partial charge < -0.3 is 31.4 Å². The van der Waals surface area contributed by atoms with Gasteiger partial charge in [0.15, 0.2) is 12.1 Å². The number of piperidine rings is 3. The van der Waals surface area contributed by atoms with E-state index >= 15 is 0 Å². The van der Waals surface area contributed by atoms with Crippen LogP contribution >= 0.6 is 11.3 Å². The third-order valence-corrected chi connectivity index (χ3v) is 8.40. The molecule has 2 bridgehead atoms. The number of carbonyl (C=O) groups excluding carboxylic acids is 1. The number of halogens is 1. The molecule has 4 aromatic rings. The Labute approximate surface area is 227 Å². The van der Waals surface area contributed by atoms with Gasteiger partial charge in [-0.2, -0.15) is 0 Å². The highest BCUT2D eigenvalue weighted by molar-refractivity contribution is 7.13. The molecule has 7 rings (SSSR count). The monoisotopic (exact) mass is 535 g/mol. The number of carbonyl (C=O) groups is 1. The largest absolute Gasteiger partial charge is 1.00 e. The van der Waals surface area contributed by atoms with Crippen molar-refractivity contribution in [3.63, 3.8) is 0 Å². The molecule has 37 heavy (non-hydrogen) atoms. The Hall–Kier alpha value is -3.13. The van der Waals surface area contributed by atoms with Gasteiger partial charge in [0, 0.05) is 24.4 Å². The fraction of sp³-hybridized carbons (Fsp3) is 0.310. The van der Waals surface area contributed by atoms with Crippen LogP contribution in [0.1, 0.15) is 30.1 Å². The molecule has 3 fully saturated rings. The summed E-state index contributed by atoms with van der Waals surface area (Å²) in [7, 11) is 0. The summed E-state index contributed by atoms with van der Waals surface area (Å²) < 4.78 is 13.0. The molecule has 6 nitrogen and oxygen atoms in total. The van der Waals surface area contributed by atoms with Crippen LogP contribution in [-0.2, 0) is 16.1 Å². The van der Waals surface area contributed by atoms with Crippen LogP contribution in [0, 0.1) is 5.92 Å². The van der Waals surface area contributed by atoms with E-state index in [1.54, 1.807) is 17.6 Å². The first kappa shape index (κ1) is 25.5. The van der Waals surface area contributed by atoms with E-state index in [0.717, 1.165) is 65.3 Å². The number of nitrogens with one attached hydrogen (secondary N) is 1. The van der Waals surface area contributed by atoms with Gasteiger partial charge in [0.1, 0.15) is 25.0 Å². The first-order valence-corrected chi connectivity index (χ1v) is 13.5. The zero-order valence-corrected chi connectivity index (χ0v) is 22.0. The highest BCUT2D eigenvalue weighted by atomic mass is 35.5. The molecular weight excluding hydrogens is 506 g/mol. The van der Waals surface area contributed by atoms with Crippen LogP contribution in [-0.4, -0.2) is 41.2 Å². The number of benzene rings is 2. The van der Waals surface area contributed by atoms with Crippen LogP contribution in [0.2, 0.25) is 0 Å². The Kier molecular flexibility index (Phi) is 7.65. The molecule has 3 aliphatic rings. The number of quaternary nitrogens is 1. The molecule has 0 aliphatic carbocycles. The van der Waals surface area contributed by atoms with Crippen molar-refractivity contribution >= 4 is 23.0 Å². The number of ether oxygens (including phenoxy) is 1. The van der Waals surface area contributed by atoms with Gasteiger partial charge in [-0.15, -0.1) is 11.3 Å². The lowest BCUT2D eigenvalue weighted by Gasteiger charge is -2.51. The second kappa shape index (κ2) is 11.1. The van der Waals surface area contributed by atoms with Crippen molar-refractivity contribution in [1.29, 1.82) is 0 Å². The van der Waals surface area contributed by atoms with Crippen molar-refractivity contribution in [2.45, 2.75) is 31.5 Å². The van der Waals surface area contributed by atoms with Crippen molar-refractivity contribution in [2.75, 3.05) is 25.0 Å². The maximum absolute atomic E-state index is 13.6. The number of rotatable bonds is 8. The minimum Gasteiger partial charge on any atom is -1.00 e. The van der Waals surface area contributed by atoms with Gasteiger partial charge in [0.2, 0.25) is 5.89 Å². The molecular formula is C29H30ClN3O3S. The Morgan fingerprint density at radius 1 is 1.05 bits per heavy atom. The molecule has 2 aromatic carbocycles. The minimum atomic E-state index is -0.554. The summed E-state index contributed by atoms with van der Waals surface area (Å²) >= 11 is 1.63. The summed E-state index contributed by atoms with van der Waals surface area (Å²) in [5.74, 6) is 0.884. The Balaban J connectivity index is 0.00000280. The Morgan fingerprint density at radius 3 is 2.49 bits per heavy atom. The van der Waals surface area contributed by atoms with Crippen LogP contribution in [0.15, 0.2) is 88.9 Å². The summed E-state index contributed by atoms with van der Waals surface area (Å²) in [5, 5.41) is 5.43. The van der Waals surface area contributed by atoms with Crippen molar-refractivity contribution in [3.8, 4) is 10.8 Å². The third kappa shape index (κ3) is 5.59. The number of aromatic nitrogens is 1. The number of thiophene rings is 1. The maximum Gasteiger partial charge on any atom is 0.333 e. The van der Waals surface area contributed by atoms with Crippen molar-refractivity contribution in [1.82, 2.24) is 4.98 Å². The Morgan fingerprint density at radius 2 is 1.78 bits per heavy atom. The molecule has 0 unspecified atom stereocenters. The van der Waals surface area contributed by atoms with E-state index in [1.165, 1.54) is 0 Å². The summed E-state index contributed by atoms with van der Waals surface area (Å²) in [6, 6.07) is 23.1. The van der Waals surface area contributed by atoms with Gasteiger partial charge in [0.05, 0.1) is 18.0 Å². The fourth-order valence-electron chi connectivity index (χ4n) is 5.66. The lowest BCUT2D eigenvalue weighted by atomic mass is 9.83. The maximum atomic E-state index is 13.6. The van der Waals surface area contributed by atoms with Gasteiger partial charge in [-0.3, -0.25) is 0 Å². The summed E-state index contributed by atoms with van der Waals surface area (Å²) in [4.78, 5) is 19.4. The molecule has 1 N–H and O–H groups in total. The second-order valence-corrected chi connectivity index (χ2v) is 10.9. The molecule has 0 saturated carbocycles. The zero-order valence-electron chi connectivity index (χ0n) is 20.5. The number of anilines is 1. The predicted molar refractivity (Wildman–Crippen MR) is 140 cm³/mol. The number of hydrogen-bond donors (Lipinski definition) is 1. The number of nitrogens with zero attached hydrogens (tertiary/aromatic N) is 2. The van der Waals surface area contributed by atoms with Gasteiger partial charge in [0.25, 0.3) is 0 Å². The van der Waals surface area contributed by atoms with Crippen LogP contribution in [0.3, 0.4) is 0 Å². The van der Waals surface area contributed by atoms with E-state index in [1.807, 2.05) is 78.2 Å². The molecule has 192 valence electrons. The summed E-state index contributed by atoms with van der Waals surface area (Å²) in [6.07, 6.45) is 3.83. The highest BCUT2D eigenvalue weighted by Gasteiger charge is 2.48. The van der Waals surface area contributed by atoms with E-state index in [-0.39, 0.29) is 24.5 Å². The van der Waals surface area contributed by atoms with Crippen LogP contribution in [0.4, 0.5) is 5.69 Å². The van der Waals surface area contributed by atoms with Gasteiger partial charge in [-0.25, -0.2) is 9.78 Å². The number of fused-ring (bicyclic) bond motifs is 3. The number of para-hydroxylation sites is 1. The zero-order chi connectivity index (χ0) is 24.4. The first-order valence-electron chi connectivity index (χ1n) is 12.6. The number of esters is 1. The van der Waals surface area contributed by atoms with Crippen molar-refractivity contribution < 1.29 is 30.8 Å². The van der Waals surface area contributed by atoms with Crippen LogP contribution in [0.5, 0.6) is 0 Å². The fourth-order valence-corrected chi connectivity index (χ4v) is 6.31. The third-order valence-electron chi connectivity index (χ3n) is 7.54. The van der Waals surface area contributed by atoms with Crippen molar-refractivity contribution in [2.24, 2.45) is 5.92 Å². The number of oxazole rings is 1. The SMILES string of the molecule is O=C(O[C@H]1C[N+]2(Cc3coc(-c4cccs4)n3)CCC1CC2)[C@H](Nc1ccccc1)c1ccccc1.[Cl-]. The van der Waals surface area contributed by atoms with Gasteiger partial charge in [-0.1, -0.05) is 54.6 Å². The van der Waals surface area contributed by atoms with Crippen LogP contribution in [0.25, 0.3) is 10.8 Å². The summed E-state index contributed by atoms with van der Waals surface area (Å²) in [6.45, 7) is 3.80. The molecule has 3 aliphatic heterocycles. The lowest BCUT2D eigenvalue weighted by molar-refractivity contribution is -0.958. The molecule has 5 heterocycles. The molecule has 0 radical (unpaired) electrons. The molecule has 0 amide bonds. The van der Waals surface area contributed by atoms with Gasteiger partial charge in [-0.05, 0) is 29.1 Å². The molecule has 8 heteroatoms. The van der Waals surface area contributed by atoms with Crippen molar-refractivity contribution in [3.05, 3.63) is 95.7 Å². The van der Waals surface area contributed by atoms with E-state index in [4.69, 9.17) is 14.1 Å². The van der Waals surface area contributed by atoms with Gasteiger partial charge >= 0.3 is 5.97 Å². The second-order valence-electron chi connectivity index (χ2n) is 9.92. The standard InChI is InChI=1S/C29H30N3O3S.ClH/c33-29(27(22-8-3-1-4-9-22)30-23-10-5-2-6-11-23)35-25-19-32(15-13-21(25)14-16-32)18-24-20-34-28(31-24)26-12-7-17-36-26;/h1-12,17,20-21,25,27,30H,13-16,18-19H2;1H/q+1;/p-1/t21?,25-,27+,32?;/m0./s1. The average molecular weight is 536 g/mol.